The summed E-state index contributed by atoms with van der Waals surface area (Å²) in [6, 6.07) is 14.4. The van der Waals surface area contributed by atoms with E-state index in [4.69, 9.17) is 4.98 Å². The number of aromatic nitrogens is 7. The summed E-state index contributed by atoms with van der Waals surface area (Å²) in [5.41, 5.74) is 9.36. The van der Waals surface area contributed by atoms with Gasteiger partial charge in [0, 0.05) is 54.0 Å². The van der Waals surface area contributed by atoms with Crippen LogP contribution in [-0.2, 0) is 6.54 Å². The maximum absolute atomic E-state index is 5.01. The molecular formula is C28H24N8. The molecule has 7 rings (SSSR count). The lowest BCUT2D eigenvalue weighted by Gasteiger charge is -2.14. The summed E-state index contributed by atoms with van der Waals surface area (Å²) in [4.78, 5) is 24.3. The van der Waals surface area contributed by atoms with Crippen LogP contribution < -0.4 is 0 Å². The van der Waals surface area contributed by atoms with E-state index in [-0.39, 0.29) is 0 Å². The number of hydrogen-bond donors (Lipinski definition) is 2. The van der Waals surface area contributed by atoms with Gasteiger partial charge in [0.15, 0.2) is 0 Å². The van der Waals surface area contributed by atoms with Crippen LogP contribution in [0.1, 0.15) is 18.4 Å². The van der Waals surface area contributed by atoms with Crippen LogP contribution in [0.15, 0.2) is 73.4 Å². The molecule has 0 bridgehead atoms. The summed E-state index contributed by atoms with van der Waals surface area (Å²) in [6.07, 6.45) is 11.9. The van der Waals surface area contributed by atoms with E-state index in [1.165, 1.54) is 18.4 Å². The summed E-state index contributed by atoms with van der Waals surface area (Å²) in [5.74, 6) is 0. The molecule has 1 fully saturated rings. The normalized spacial score (nSPS) is 14.2. The van der Waals surface area contributed by atoms with Gasteiger partial charge in [-0.05, 0) is 73.5 Å². The monoisotopic (exact) mass is 472 g/mol. The molecule has 6 aromatic heterocycles. The predicted octanol–water partition coefficient (Wildman–Crippen LogP) is 5.22. The van der Waals surface area contributed by atoms with Crippen LogP contribution in [0.2, 0.25) is 0 Å². The third-order valence-corrected chi connectivity index (χ3v) is 6.86. The van der Waals surface area contributed by atoms with Crippen molar-refractivity contribution in [1.29, 1.82) is 0 Å². The molecule has 8 heteroatoms. The van der Waals surface area contributed by atoms with Crippen molar-refractivity contribution in [2.45, 2.75) is 19.4 Å². The molecule has 0 saturated carbocycles. The van der Waals surface area contributed by atoms with E-state index < -0.39 is 0 Å². The SMILES string of the molecule is c1cncc(-c2ccnc3[nH]c(-c4n[nH]c5ccc(-c6cncc(CN7CCCC7)c6)nc45)cc23)c1. The quantitative estimate of drug-likeness (QED) is 0.357. The highest BCUT2D eigenvalue weighted by Crippen LogP contribution is 2.33. The molecule has 7 heterocycles. The second-order valence-electron chi connectivity index (χ2n) is 9.28. The fraction of sp³-hybridized carbons (Fsp3) is 0.179. The molecule has 176 valence electrons. The van der Waals surface area contributed by atoms with E-state index in [1.807, 2.05) is 49.1 Å². The number of hydrogen-bond acceptors (Lipinski definition) is 6. The second-order valence-corrected chi connectivity index (χ2v) is 9.28. The van der Waals surface area contributed by atoms with Crippen LogP contribution in [0.4, 0.5) is 0 Å². The fourth-order valence-electron chi connectivity index (χ4n) is 5.09. The highest BCUT2D eigenvalue weighted by molar-refractivity contribution is 5.98. The molecule has 1 aliphatic rings. The summed E-state index contributed by atoms with van der Waals surface area (Å²) in [6.45, 7) is 3.25. The smallest absolute Gasteiger partial charge is 0.138 e. The molecule has 2 N–H and O–H groups in total. The molecule has 1 aliphatic heterocycles. The molecule has 0 aromatic carbocycles. The zero-order chi connectivity index (χ0) is 23.9. The van der Waals surface area contributed by atoms with E-state index in [2.05, 4.69) is 53.2 Å². The number of likely N-dealkylation sites (tertiary alicyclic amines) is 1. The molecular weight excluding hydrogens is 448 g/mol. The maximum Gasteiger partial charge on any atom is 0.138 e. The Bertz CT molecular complexity index is 1680. The maximum atomic E-state index is 5.01. The highest BCUT2D eigenvalue weighted by Gasteiger charge is 2.17. The van der Waals surface area contributed by atoms with Gasteiger partial charge in [-0.25, -0.2) is 9.97 Å². The fourth-order valence-corrected chi connectivity index (χ4v) is 5.09. The van der Waals surface area contributed by atoms with Crippen molar-refractivity contribution in [2.75, 3.05) is 13.1 Å². The van der Waals surface area contributed by atoms with Gasteiger partial charge in [0.1, 0.15) is 16.9 Å². The zero-order valence-corrected chi connectivity index (χ0v) is 19.6. The predicted molar refractivity (Wildman–Crippen MR) is 140 cm³/mol. The van der Waals surface area contributed by atoms with Gasteiger partial charge in [-0.3, -0.25) is 20.0 Å². The van der Waals surface area contributed by atoms with Crippen molar-refractivity contribution in [3.05, 3.63) is 79.0 Å². The molecule has 0 atom stereocenters. The Kier molecular flexibility index (Phi) is 5.03. The number of fused-ring (bicyclic) bond motifs is 2. The molecule has 36 heavy (non-hydrogen) atoms. The van der Waals surface area contributed by atoms with Crippen LogP contribution >= 0.6 is 0 Å². The average molecular weight is 473 g/mol. The van der Waals surface area contributed by atoms with Crippen molar-refractivity contribution in [1.82, 2.24) is 40.0 Å². The second kappa shape index (κ2) is 8.66. The molecule has 0 radical (unpaired) electrons. The molecule has 0 amide bonds. The molecule has 0 unspecified atom stereocenters. The van der Waals surface area contributed by atoms with Crippen LogP contribution in [-0.4, -0.2) is 53.1 Å². The van der Waals surface area contributed by atoms with Crippen molar-refractivity contribution in [3.8, 4) is 33.8 Å². The van der Waals surface area contributed by atoms with Crippen molar-refractivity contribution >= 4 is 22.1 Å². The Labute approximate surface area is 207 Å². The zero-order valence-electron chi connectivity index (χ0n) is 19.6. The number of H-pyrrole nitrogens is 2. The van der Waals surface area contributed by atoms with Gasteiger partial charge < -0.3 is 4.98 Å². The van der Waals surface area contributed by atoms with E-state index in [1.54, 1.807) is 6.20 Å². The highest BCUT2D eigenvalue weighted by atomic mass is 15.1. The first-order chi connectivity index (χ1) is 17.8. The minimum atomic E-state index is 0.767. The third kappa shape index (κ3) is 3.72. The van der Waals surface area contributed by atoms with Gasteiger partial charge in [0.05, 0.1) is 16.9 Å². The summed E-state index contributed by atoms with van der Waals surface area (Å²) < 4.78 is 0. The van der Waals surface area contributed by atoms with Gasteiger partial charge >= 0.3 is 0 Å². The first-order valence-electron chi connectivity index (χ1n) is 12.2. The topological polar surface area (TPSA) is 99.3 Å². The van der Waals surface area contributed by atoms with Crippen LogP contribution in [0.3, 0.4) is 0 Å². The van der Waals surface area contributed by atoms with E-state index in [0.29, 0.717) is 0 Å². The summed E-state index contributed by atoms with van der Waals surface area (Å²) in [7, 11) is 0. The number of rotatable bonds is 5. The summed E-state index contributed by atoms with van der Waals surface area (Å²) in [5, 5.41) is 8.75. The Morgan fingerprint density at radius 1 is 0.889 bits per heavy atom. The van der Waals surface area contributed by atoms with E-state index in [0.717, 1.165) is 75.5 Å². The van der Waals surface area contributed by atoms with E-state index >= 15 is 0 Å². The van der Waals surface area contributed by atoms with Gasteiger partial charge in [-0.15, -0.1) is 0 Å². The van der Waals surface area contributed by atoms with Crippen LogP contribution in [0.25, 0.3) is 55.8 Å². The van der Waals surface area contributed by atoms with Crippen molar-refractivity contribution < 1.29 is 0 Å². The Hall–Kier alpha value is -4.43. The standard InChI is InChI=1S/C28H24N8/c1-2-11-36(10-1)17-18-12-20(16-30-14-18)23-5-6-24-26(32-23)27(35-34-24)25-13-22-21(7-9-31-28(22)33-25)19-4-3-8-29-15-19/h3-9,12-16H,1-2,10-11,17H2,(H,31,33)(H,34,35). The average Bonchev–Trinajstić information content (AvgIpc) is 3.68. The number of aromatic amines is 2. The lowest BCUT2D eigenvalue weighted by molar-refractivity contribution is 0.331. The first-order valence-corrected chi connectivity index (χ1v) is 12.2. The van der Waals surface area contributed by atoms with Crippen LogP contribution in [0, 0.1) is 0 Å². The van der Waals surface area contributed by atoms with Gasteiger partial charge in [-0.2, -0.15) is 5.10 Å². The lowest BCUT2D eigenvalue weighted by atomic mass is 10.1. The Morgan fingerprint density at radius 3 is 2.69 bits per heavy atom. The molecule has 1 saturated heterocycles. The molecule has 0 spiro atoms. The van der Waals surface area contributed by atoms with Crippen molar-refractivity contribution in [3.63, 3.8) is 0 Å². The Morgan fingerprint density at radius 2 is 1.81 bits per heavy atom. The largest absolute Gasteiger partial charge is 0.338 e. The minimum Gasteiger partial charge on any atom is -0.338 e. The minimum absolute atomic E-state index is 0.767. The number of pyridine rings is 4. The van der Waals surface area contributed by atoms with Crippen molar-refractivity contribution in [2.24, 2.45) is 0 Å². The molecule has 0 aliphatic carbocycles. The molecule has 6 aromatic rings. The third-order valence-electron chi connectivity index (χ3n) is 6.86. The lowest BCUT2D eigenvalue weighted by Crippen LogP contribution is -2.18. The number of nitrogens with zero attached hydrogens (tertiary/aromatic N) is 6. The van der Waals surface area contributed by atoms with Gasteiger partial charge in [0.2, 0.25) is 0 Å². The van der Waals surface area contributed by atoms with Gasteiger partial charge in [-0.1, -0.05) is 6.07 Å². The summed E-state index contributed by atoms with van der Waals surface area (Å²) >= 11 is 0. The van der Waals surface area contributed by atoms with E-state index in [9.17, 15) is 0 Å². The number of nitrogens with one attached hydrogen (secondary N) is 2. The molecule has 8 nitrogen and oxygen atoms in total. The van der Waals surface area contributed by atoms with Crippen LogP contribution in [0.5, 0.6) is 0 Å². The Balaban J connectivity index is 1.28. The first kappa shape index (κ1) is 20.9. The van der Waals surface area contributed by atoms with Gasteiger partial charge in [0.25, 0.3) is 0 Å².